The number of rotatable bonds is 3. The van der Waals surface area contributed by atoms with Crippen LogP contribution < -0.4 is 10.6 Å². The van der Waals surface area contributed by atoms with Gasteiger partial charge in [0.15, 0.2) is 5.65 Å². The quantitative estimate of drug-likeness (QED) is 0.872. The molecule has 3 rings (SSSR count). The summed E-state index contributed by atoms with van der Waals surface area (Å²) in [7, 11) is 4.01. The molecule has 2 N–H and O–H groups in total. The van der Waals surface area contributed by atoms with Crippen molar-refractivity contribution in [3.8, 4) is 0 Å². The maximum atomic E-state index is 4.63. The van der Waals surface area contributed by atoms with Crippen LogP contribution >= 0.6 is 15.9 Å². The lowest BCUT2D eigenvalue weighted by Crippen LogP contribution is -2.24. The summed E-state index contributed by atoms with van der Waals surface area (Å²) in [6.45, 7) is 6.16. The minimum absolute atomic E-state index is 0.393. The molecule has 1 saturated heterocycles. The third kappa shape index (κ3) is 2.75. The third-order valence-corrected chi connectivity index (χ3v) is 5.32. The van der Waals surface area contributed by atoms with E-state index in [0.29, 0.717) is 12.0 Å². The van der Waals surface area contributed by atoms with E-state index in [1.54, 1.807) is 0 Å². The molecule has 1 unspecified atom stereocenters. The van der Waals surface area contributed by atoms with Crippen molar-refractivity contribution in [3.05, 3.63) is 15.7 Å². The number of anilines is 2. The van der Waals surface area contributed by atoms with E-state index in [-0.39, 0.29) is 0 Å². The highest BCUT2D eigenvalue weighted by Gasteiger charge is 2.21. The molecule has 0 aromatic carbocycles. The van der Waals surface area contributed by atoms with Crippen LogP contribution in [-0.4, -0.2) is 53.1 Å². The van der Waals surface area contributed by atoms with E-state index < -0.39 is 0 Å². The predicted octanol–water partition coefficient (Wildman–Crippen LogP) is 2.56. The van der Waals surface area contributed by atoms with Crippen LogP contribution in [0.5, 0.6) is 0 Å². The third-order valence-electron chi connectivity index (χ3n) is 4.15. The lowest BCUT2D eigenvalue weighted by molar-refractivity contribution is 0.414. The molecule has 118 valence electrons. The van der Waals surface area contributed by atoms with Crippen molar-refractivity contribution in [2.24, 2.45) is 0 Å². The predicted molar refractivity (Wildman–Crippen MR) is 93.6 cm³/mol. The molecule has 7 heteroatoms. The van der Waals surface area contributed by atoms with Crippen LogP contribution in [0.4, 0.5) is 11.8 Å². The second-order valence-electron chi connectivity index (χ2n) is 5.87. The number of nitrogens with zero attached hydrogens (tertiary/aromatic N) is 4. The first-order chi connectivity index (χ1) is 10.5. The first-order valence-corrected chi connectivity index (χ1v) is 8.26. The van der Waals surface area contributed by atoms with Crippen LogP contribution in [0.3, 0.4) is 0 Å². The molecule has 0 saturated carbocycles. The summed E-state index contributed by atoms with van der Waals surface area (Å²) in [6, 6.07) is 0.393. The fraction of sp³-hybridized carbons (Fsp3) is 0.533. The van der Waals surface area contributed by atoms with Gasteiger partial charge < -0.3 is 15.5 Å². The Bertz CT molecular complexity index is 717. The fourth-order valence-electron chi connectivity index (χ4n) is 2.95. The lowest BCUT2D eigenvalue weighted by atomic mass is 10.1. The SMILES string of the molecule is CNc1nc(NC2CCN(C)C2)nc2nc(C)c(Br)c(C)c12. The van der Waals surface area contributed by atoms with Gasteiger partial charge in [0.1, 0.15) is 5.82 Å². The Morgan fingerprint density at radius 2 is 2.00 bits per heavy atom. The number of fused-ring (bicyclic) bond motifs is 1. The van der Waals surface area contributed by atoms with Gasteiger partial charge in [0.05, 0.1) is 11.1 Å². The largest absolute Gasteiger partial charge is 0.372 e. The minimum Gasteiger partial charge on any atom is -0.372 e. The summed E-state index contributed by atoms with van der Waals surface area (Å²) in [5.74, 6) is 1.45. The number of hydrogen-bond donors (Lipinski definition) is 2. The lowest BCUT2D eigenvalue weighted by Gasteiger charge is -2.16. The molecular formula is C15H21BrN6. The van der Waals surface area contributed by atoms with Gasteiger partial charge in [-0.05, 0) is 55.4 Å². The van der Waals surface area contributed by atoms with Gasteiger partial charge in [-0.3, -0.25) is 0 Å². The van der Waals surface area contributed by atoms with E-state index in [2.05, 4.69) is 60.4 Å². The summed E-state index contributed by atoms with van der Waals surface area (Å²) >= 11 is 3.59. The van der Waals surface area contributed by atoms with Crippen LogP contribution in [0.2, 0.25) is 0 Å². The van der Waals surface area contributed by atoms with Gasteiger partial charge >= 0.3 is 0 Å². The van der Waals surface area contributed by atoms with E-state index in [4.69, 9.17) is 0 Å². The maximum Gasteiger partial charge on any atom is 0.226 e. The number of nitrogens with one attached hydrogen (secondary N) is 2. The number of halogens is 1. The van der Waals surface area contributed by atoms with E-state index in [0.717, 1.165) is 52.1 Å². The molecule has 0 spiro atoms. The fourth-order valence-corrected chi connectivity index (χ4v) is 3.23. The number of likely N-dealkylation sites (N-methyl/N-ethyl adjacent to an activating group) is 1. The Balaban J connectivity index is 2.04. The number of likely N-dealkylation sites (tertiary alicyclic amines) is 1. The van der Waals surface area contributed by atoms with Gasteiger partial charge in [0, 0.05) is 24.1 Å². The maximum absolute atomic E-state index is 4.63. The summed E-state index contributed by atoms with van der Waals surface area (Å²) in [4.78, 5) is 16.2. The molecule has 1 aliphatic rings. The Hall–Kier alpha value is -1.47. The van der Waals surface area contributed by atoms with Crippen molar-refractivity contribution < 1.29 is 0 Å². The van der Waals surface area contributed by atoms with Gasteiger partial charge in [-0.2, -0.15) is 9.97 Å². The summed E-state index contributed by atoms with van der Waals surface area (Å²) < 4.78 is 1.01. The summed E-state index contributed by atoms with van der Waals surface area (Å²) in [6.07, 6.45) is 1.11. The zero-order valence-corrected chi connectivity index (χ0v) is 15.0. The molecule has 1 aliphatic heterocycles. The van der Waals surface area contributed by atoms with Crippen molar-refractivity contribution in [1.29, 1.82) is 0 Å². The molecule has 0 bridgehead atoms. The second kappa shape index (κ2) is 5.96. The molecular weight excluding hydrogens is 344 g/mol. The average Bonchev–Trinajstić information content (AvgIpc) is 2.89. The molecule has 6 nitrogen and oxygen atoms in total. The molecule has 1 fully saturated rings. The van der Waals surface area contributed by atoms with Crippen molar-refractivity contribution in [2.45, 2.75) is 26.3 Å². The van der Waals surface area contributed by atoms with Crippen molar-refractivity contribution in [3.63, 3.8) is 0 Å². The topological polar surface area (TPSA) is 66.0 Å². The second-order valence-corrected chi connectivity index (χ2v) is 6.67. The van der Waals surface area contributed by atoms with E-state index in [9.17, 15) is 0 Å². The van der Waals surface area contributed by atoms with Crippen LogP contribution in [0, 0.1) is 13.8 Å². The highest BCUT2D eigenvalue weighted by Crippen LogP contribution is 2.31. The van der Waals surface area contributed by atoms with Crippen molar-refractivity contribution in [1.82, 2.24) is 19.9 Å². The zero-order valence-electron chi connectivity index (χ0n) is 13.4. The zero-order chi connectivity index (χ0) is 15.9. The molecule has 2 aromatic heterocycles. The Morgan fingerprint density at radius 3 is 2.64 bits per heavy atom. The highest BCUT2D eigenvalue weighted by atomic mass is 79.9. The van der Waals surface area contributed by atoms with Gasteiger partial charge in [-0.25, -0.2) is 4.98 Å². The number of hydrogen-bond acceptors (Lipinski definition) is 6. The normalized spacial score (nSPS) is 18.9. The van der Waals surface area contributed by atoms with E-state index in [1.165, 1.54) is 0 Å². The van der Waals surface area contributed by atoms with Crippen molar-refractivity contribution in [2.75, 3.05) is 37.8 Å². The van der Waals surface area contributed by atoms with Gasteiger partial charge in [-0.1, -0.05) is 0 Å². The Morgan fingerprint density at radius 1 is 1.23 bits per heavy atom. The number of pyridine rings is 1. The van der Waals surface area contributed by atoms with Crippen LogP contribution in [0.25, 0.3) is 11.0 Å². The standard InChI is InChI=1S/C15H21BrN6/c1-8-11-13(17-3)20-15(19-10-5-6-22(4)7-10)21-14(11)18-9(2)12(8)16/h10H,5-7H2,1-4H3,(H2,17,18,19,20,21). The molecule has 2 aromatic rings. The Kier molecular flexibility index (Phi) is 4.18. The molecule has 1 atom stereocenters. The number of aryl methyl sites for hydroxylation is 2. The monoisotopic (exact) mass is 364 g/mol. The summed E-state index contributed by atoms with van der Waals surface area (Å²) in [5.41, 5.74) is 2.78. The molecule has 0 aliphatic carbocycles. The minimum atomic E-state index is 0.393. The first kappa shape index (κ1) is 15.4. The van der Waals surface area contributed by atoms with E-state index >= 15 is 0 Å². The van der Waals surface area contributed by atoms with Crippen LogP contribution in [0.1, 0.15) is 17.7 Å². The van der Waals surface area contributed by atoms with Crippen LogP contribution in [0.15, 0.2) is 4.47 Å². The van der Waals surface area contributed by atoms with Gasteiger partial charge in [0.2, 0.25) is 5.95 Å². The highest BCUT2D eigenvalue weighted by molar-refractivity contribution is 9.10. The molecule has 0 amide bonds. The van der Waals surface area contributed by atoms with Gasteiger partial charge in [0.25, 0.3) is 0 Å². The average molecular weight is 365 g/mol. The molecule has 3 heterocycles. The number of aromatic nitrogens is 3. The summed E-state index contributed by atoms with van der Waals surface area (Å²) in [5, 5.41) is 7.57. The van der Waals surface area contributed by atoms with Gasteiger partial charge in [-0.15, -0.1) is 0 Å². The van der Waals surface area contributed by atoms with E-state index in [1.807, 2.05) is 14.0 Å². The smallest absolute Gasteiger partial charge is 0.226 e. The first-order valence-electron chi connectivity index (χ1n) is 7.47. The molecule has 0 radical (unpaired) electrons. The molecule has 22 heavy (non-hydrogen) atoms. The Labute approximate surface area is 138 Å². The van der Waals surface area contributed by atoms with Crippen LogP contribution in [-0.2, 0) is 0 Å². The van der Waals surface area contributed by atoms with Crippen molar-refractivity contribution >= 4 is 38.7 Å².